The van der Waals surface area contributed by atoms with Gasteiger partial charge in [0.05, 0.1) is 11.4 Å². The number of carbonyl (C=O) groups is 9. The molecule has 2 aliphatic heterocycles. The average molecular weight is 1180 g/mol. The average Bonchev–Trinajstić information content (AvgIpc) is 3.94. The van der Waals surface area contributed by atoms with Gasteiger partial charge in [-0.3, -0.25) is 58.1 Å². The second-order valence-corrected chi connectivity index (χ2v) is 21.7. The molecule has 2 aliphatic rings. The number of nitrogens with two attached hydrogens (primary N) is 5. The quantitative estimate of drug-likeness (QED) is 0.0338. The zero-order valence-electron chi connectivity index (χ0n) is 45.1. The van der Waals surface area contributed by atoms with E-state index in [0.717, 1.165) is 0 Å². The summed E-state index contributed by atoms with van der Waals surface area (Å²) in [6, 6.07) is 13.2. The molecule has 5 rings (SSSR count). The van der Waals surface area contributed by atoms with Crippen LogP contribution in [0.2, 0.25) is 0 Å². The number of benzene rings is 2. The third-order valence-electron chi connectivity index (χ3n) is 12.9. The first-order valence-corrected chi connectivity index (χ1v) is 29.3. The Morgan fingerprint density at radius 1 is 0.617 bits per heavy atom. The van der Waals surface area contributed by atoms with E-state index in [1.54, 1.807) is 78.9 Å². The number of pyridine rings is 1. The molecule has 438 valence electrons. The fraction of sp³-hybridized carbons (Fsp3) is 0.472. The van der Waals surface area contributed by atoms with Crippen molar-refractivity contribution < 1.29 is 43.2 Å². The molecule has 1 fully saturated rings. The van der Waals surface area contributed by atoms with Crippen LogP contribution >= 0.6 is 36.2 Å². The summed E-state index contributed by atoms with van der Waals surface area (Å²) < 4.78 is 0. The molecule has 81 heavy (non-hydrogen) atoms. The van der Waals surface area contributed by atoms with Crippen molar-refractivity contribution >= 4 is 101 Å². The number of fused-ring (bicyclic) bond motifs is 3. The number of thiol groups is 1. The van der Waals surface area contributed by atoms with E-state index < -0.39 is 101 Å². The van der Waals surface area contributed by atoms with Crippen LogP contribution in [-0.4, -0.2) is 160 Å². The van der Waals surface area contributed by atoms with Crippen LogP contribution in [0.3, 0.4) is 0 Å². The molecular formula is C53H74N16O9S3. The number of carbonyl (C=O) groups excluding carboxylic acids is 9. The summed E-state index contributed by atoms with van der Waals surface area (Å²) in [7, 11) is 0. The molecule has 1 aromatic heterocycles. The predicted octanol–water partition coefficient (Wildman–Crippen LogP) is -2.03. The smallest absolute Gasteiger partial charge is 0.246 e. The van der Waals surface area contributed by atoms with Gasteiger partial charge in [0.15, 0.2) is 11.9 Å². The molecule has 0 unspecified atom stereocenters. The SMILES string of the molecule is CC(=O)N[C@H]1CSCc2cccc(n2)CSC[C@@H](C(N)=O)NC(=O)[C@H](Cc2ccccc2)NC(=O)[C@H](CCCN=C(N)N)NC(=O)[C@H](CS)NC(=O)[C@H](CCCN=C(N)N)NC(=O)[C@@H]2CCCN2C(=O)[C@H](Cc2ccccc2)NC1=O. The van der Waals surface area contributed by atoms with Crippen LogP contribution in [0.25, 0.3) is 0 Å². The molecule has 0 aliphatic carbocycles. The molecule has 25 nitrogen and oxygen atoms in total. The number of nitrogens with one attached hydrogen (secondary N) is 7. The van der Waals surface area contributed by atoms with Gasteiger partial charge in [-0.05, 0) is 61.8 Å². The van der Waals surface area contributed by atoms with Crippen LogP contribution in [0, 0.1) is 0 Å². The number of hydrogen-bond acceptors (Lipinski definition) is 15. The monoisotopic (exact) mass is 1170 g/mol. The maximum Gasteiger partial charge on any atom is 0.246 e. The Balaban J connectivity index is 1.51. The minimum Gasteiger partial charge on any atom is -0.370 e. The molecule has 3 heterocycles. The highest BCUT2D eigenvalue weighted by atomic mass is 32.2. The second kappa shape index (κ2) is 33.2. The van der Waals surface area contributed by atoms with Crippen LogP contribution in [-0.2, 0) is 67.5 Å². The van der Waals surface area contributed by atoms with Crippen LogP contribution < -0.4 is 65.9 Å². The number of rotatable bonds is 15. The summed E-state index contributed by atoms with van der Waals surface area (Å²) in [5.74, 6) is -6.40. The summed E-state index contributed by atoms with van der Waals surface area (Å²) >= 11 is 6.96. The zero-order chi connectivity index (χ0) is 58.8. The van der Waals surface area contributed by atoms with Crippen molar-refractivity contribution in [3.63, 3.8) is 0 Å². The minimum atomic E-state index is -1.41. The number of aromatic nitrogens is 1. The molecule has 28 heteroatoms. The Kier molecular flexibility index (Phi) is 26.4. The molecule has 17 N–H and O–H groups in total. The third kappa shape index (κ3) is 21.8. The number of primary amides is 1. The highest BCUT2D eigenvalue weighted by molar-refractivity contribution is 7.98. The first-order valence-electron chi connectivity index (χ1n) is 26.4. The molecule has 0 saturated carbocycles. The second-order valence-electron chi connectivity index (χ2n) is 19.3. The number of nitrogens with zero attached hydrogens (tertiary/aromatic N) is 4. The van der Waals surface area contributed by atoms with Crippen molar-refractivity contribution in [2.24, 2.45) is 38.7 Å². The van der Waals surface area contributed by atoms with E-state index in [4.69, 9.17) is 33.7 Å². The summed E-state index contributed by atoms with van der Waals surface area (Å²) in [4.78, 5) is 140. The normalized spacial score (nSPS) is 23.3. The number of aliphatic imine (C=N–C) groups is 2. The molecule has 8 atom stereocenters. The lowest BCUT2D eigenvalue weighted by Gasteiger charge is -2.31. The van der Waals surface area contributed by atoms with E-state index in [1.807, 2.05) is 0 Å². The number of hydrogen-bond donors (Lipinski definition) is 13. The van der Waals surface area contributed by atoms with Crippen molar-refractivity contribution in [1.29, 1.82) is 0 Å². The van der Waals surface area contributed by atoms with Gasteiger partial charge in [-0.25, -0.2) is 0 Å². The molecule has 3 aromatic rings. The predicted molar refractivity (Wildman–Crippen MR) is 314 cm³/mol. The molecule has 2 bridgehead atoms. The minimum absolute atomic E-state index is 0.0224. The van der Waals surface area contributed by atoms with Crippen LogP contribution in [0.1, 0.15) is 68.0 Å². The fourth-order valence-corrected chi connectivity index (χ4v) is 11.0. The number of guanidine groups is 2. The van der Waals surface area contributed by atoms with E-state index in [1.165, 1.54) is 35.3 Å². The maximum absolute atomic E-state index is 14.8. The van der Waals surface area contributed by atoms with Crippen molar-refractivity contribution in [1.82, 2.24) is 47.1 Å². The molecule has 0 radical (unpaired) electrons. The fourth-order valence-electron chi connectivity index (χ4n) is 8.86. The summed E-state index contributed by atoms with van der Waals surface area (Å²) in [5, 5.41) is 19.1. The Morgan fingerprint density at radius 3 is 1.63 bits per heavy atom. The Bertz CT molecular complexity index is 2700. The van der Waals surface area contributed by atoms with Crippen LogP contribution in [0.4, 0.5) is 0 Å². The summed E-state index contributed by atoms with van der Waals surface area (Å²) in [5.41, 5.74) is 30.7. The standard InChI is InChI=1S/C53H74N16O9S3/c1-31(70)61-42-30-81-28-35-17-8-16-34(62-35)27-80-29-41(44(54)71)68-47(74)38(24-32-12-4-2-5-13-32)65-45(72)36(18-9-21-59-52(55)56)63-48(75)40(26-79)67-46(73)37(19-10-22-60-53(57)58)64-50(77)43-20-11-23-69(43)51(78)39(66-49(42)76)25-33-14-6-3-7-15-33/h2-8,12-17,36-43,79H,9-11,18-30H2,1H3,(H2,54,71)(H,61,70)(H,63,75)(H,64,77)(H,65,72)(H,66,76)(H,67,73)(H,68,74)(H4,55,56,59)(H4,57,58,60)/t36-,37-,38-,39-,40-,41-,42-,43-/m0/s1. The molecule has 2 aromatic carbocycles. The van der Waals surface area contributed by atoms with Gasteiger partial charge in [0.1, 0.15) is 48.3 Å². The van der Waals surface area contributed by atoms with Gasteiger partial charge in [0, 0.05) is 68.2 Å². The lowest BCUT2D eigenvalue weighted by atomic mass is 10.0. The molecule has 9 amide bonds. The summed E-state index contributed by atoms with van der Waals surface area (Å²) in [6.45, 7) is 1.54. The van der Waals surface area contributed by atoms with Gasteiger partial charge in [0.25, 0.3) is 0 Å². The van der Waals surface area contributed by atoms with E-state index in [-0.39, 0.29) is 93.8 Å². The van der Waals surface area contributed by atoms with Crippen molar-refractivity contribution in [3.05, 3.63) is 101 Å². The van der Waals surface area contributed by atoms with E-state index in [2.05, 4.69) is 59.8 Å². The zero-order valence-corrected chi connectivity index (χ0v) is 47.6. The van der Waals surface area contributed by atoms with Gasteiger partial charge >= 0.3 is 0 Å². The Morgan fingerprint density at radius 2 is 1.10 bits per heavy atom. The third-order valence-corrected chi connectivity index (χ3v) is 15.4. The lowest BCUT2D eigenvalue weighted by molar-refractivity contribution is -0.142. The van der Waals surface area contributed by atoms with E-state index >= 15 is 0 Å². The Hall–Kier alpha value is -7.59. The van der Waals surface area contributed by atoms with Gasteiger partial charge in [-0.1, -0.05) is 66.7 Å². The van der Waals surface area contributed by atoms with E-state index in [0.29, 0.717) is 40.4 Å². The molecular weight excluding hydrogens is 1100 g/mol. The Labute approximate surface area is 484 Å². The van der Waals surface area contributed by atoms with Crippen LogP contribution in [0.15, 0.2) is 88.8 Å². The topological polar surface area (TPSA) is 409 Å². The first-order chi connectivity index (χ1) is 38.8. The number of thioether (sulfide) groups is 2. The van der Waals surface area contributed by atoms with E-state index in [9.17, 15) is 43.2 Å². The van der Waals surface area contributed by atoms with Crippen LogP contribution in [0.5, 0.6) is 0 Å². The highest BCUT2D eigenvalue weighted by Crippen LogP contribution is 2.22. The van der Waals surface area contributed by atoms with Gasteiger partial charge in [0.2, 0.25) is 53.2 Å². The molecule has 0 spiro atoms. The van der Waals surface area contributed by atoms with Gasteiger partial charge < -0.3 is 70.8 Å². The largest absolute Gasteiger partial charge is 0.370 e. The summed E-state index contributed by atoms with van der Waals surface area (Å²) in [6.07, 6.45) is 0.866. The van der Waals surface area contributed by atoms with Crippen molar-refractivity contribution in [2.75, 3.05) is 36.9 Å². The number of amides is 9. The lowest BCUT2D eigenvalue weighted by Crippen LogP contribution is -2.60. The first kappa shape index (κ1) is 64.2. The van der Waals surface area contributed by atoms with Crippen molar-refractivity contribution in [3.8, 4) is 0 Å². The maximum atomic E-state index is 14.8. The highest BCUT2D eigenvalue weighted by Gasteiger charge is 2.40. The van der Waals surface area contributed by atoms with Crippen molar-refractivity contribution in [2.45, 2.75) is 118 Å². The van der Waals surface area contributed by atoms with Gasteiger partial charge in [-0.15, -0.1) is 0 Å². The molecule has 1 saturated heterocycles. The van der Waals surface area contributed by atoms with Gasteiger partial charge in [-0.2, -0.15) is 36.2 Å².